The van der Waals surface area contributed by atoms with E-state index in [0.717, 1.165) is 70.6 Å². The summed E-state index contributed by atoms with van der Waals surface area (Å²) in [5, 5.41) is 23.8. The number of hydrogen-bond acceptors (Lipinski definition) is 5. The summed E-state index contributed by atoms with van der Waals surface area (Å²) in [7, 11) is 0. The van der Waals surface area contributed by atoms with Gasteiger partial charge in [-0.1, -0.05) is 275 Å². The second kappa shape index (κ2) is 52.8. The Balaban J connectivity index is 4.62. The van der Waals surface area contributed by atoms with Crippen LogP contribution in [0.5, 0.6) is 0 Å². The number of amides is 1. The van der Waals surface area contributed by atoms with Crippen molar-refractivity contribution >= 4 is 11.9 Å². The van der Waals surface area contributed by atoms with Gasteiger partial charge >= 0.3 is 5.97 Å². The first-order chi connectivity index (χ1) is 32.0. The highest BCUT2D eigenvalue weighted by molar-refractivity contribution is 5.77. The zero-order valence-electron chi connectivity index (χ0n) is 43.4. The molecule has 0 aromatic carbocycles. The molecule has 0 spiro atoms. The number of nitrogens with one attached hydrogen (secondary N) is 1. The van der Waals surface area contributed by atoms with Gasteiger partial charge < -0.3 is 20.3 Å². The van der Waals surface area contributed by atoms with E-state index in [4.69, 9.17) is 4.74 Å². The molecule has 0 aliphatic rings. The van der Waals surface area contributed by atoms with E-state index < -0.39 is 18.2 Å². The van der Waals surface area contributed by atoms with Crippen LogP contribution in [0, 0.1) is 0 Å². The minimum absolute atomic E-state index is 0.0545. The number of ether oxygens (including phenoxy) is 1. The number of hydrogen-bond donors (Lipinski definition) is 3. The van der Waals surface area contributed by atoms with Crippen LogP contribution in [-0.4, -0.2) is 46.9 Å². The zero-order valence-corrected chi connectivity index (χ0v) is 43.4. The molecular formula is C59H109NO5. The van der Waals surface area contributed by atoms with E-state index in [9.17, 15) is 19.8 Å². The normalized spacial score (nSPS) is 13.5. The Kier molecular flexibility index (Phi) is 51.0. The van der Waals surface area contributed by atoms with Crippen LogP contribution in [0.1, 0.15) is 290 Å². The Hall–Kier alpha value is -2.18. The summed E-state index contributed by atoms with van der Waals surface area (Å²) >= 11 is 0. The Morgan fingerprint density at radius 1 is 0.446 bits per heavy atom. The summed E-state index contributed by atoms with van der Waals surface area (Å²) in [6, 6.07) is -0.713. The first kappa shape index (κ1) is 62.8. The van der Waals surface area contributed by atoms with Gasteiger partial charge in [0.15, 0.2) is 0 Å². The average molecular weight is 913 g/mol. The van der Waals surface area contributed by atoms with E-state index in [-0.39, 0.29) is 24.9 Å². The molecule has 0 bridgehead atoms. The predicted molar refractivity (Wildman–Crippen MR) is 282 cm³/mol. The molecule has 65 heavy (non-hydrogen) atoms. The molecule has 6 heteroatoms. The molecule has 3 atom stereocenters. The van der Waals surface area contributed by atoms with Crippen molar-refractivity contribution in [2.45, 2.75) is 309 Å². The van der Waals surface area contributed by atoms with Gasteiger partial charge in [-0.3, -0.25) is 9.59 Å². The van der Waals surface area contributed by atoms with Crippen molar-refractivity contribution in [3.8, 4) is 0 Å². The fourth-order valence-corrected chi connectivity index (χ4v) is 8.68. The quantitative estimate of drug-likeness (QED) is 0.0321. The number of esters is 1. The van der Waals surface area contributed by atoms with E-state index in [0.29, 0.717) is 19.3 Å². The van der Waals surface area contributed by atoms with E-state index in [1.165, 1.54) is 173 Å². The average Bonchev–Trinajstić information content (AvgIpc) is 3.30. The maximum absolute atomic E-state index is 13.2. The lowest BCUT2D eigenvalue weighted by molar-refractivity contribution is -0.151. The fraction of sp³-hybridized carbons (Fsp3) is 0.831. The maximum Gasteiger partial charge on any atom is 0.306 e. The number of unbranched alkanes of at least 4 members (excludes halogenated alkanes) is 34. The second-order valence-corrected chi connectivity index (χ2v) is 19.4. The summed E-state index contributed by atoms with van der Waals surface area (Å²) < 4.78 is 5.94. The van der Waals surface area contributed by atoms with Crippen LogP contribution in [0.2, 0.25) is 0 Å². The number of carbonyl (C=O) groups is 2. The number of rotatable bonds is 51. The molecule has 0 rings (SSSR count). The SMILES string of the molecule is CCCCC/C=C/C=C/C=C/C=C/CCCCCC(CC(=O)NC(CO)C(O)CCCCCCCCCCCCCCC)OC(=O)CCCCCCCCCCCCCCCCCCC. The van der Waals surface area contributed by atoms with Gasteiger partial charge in [0.2, 0.25) is 5.91 Å². The van der Waals surface area contributed by atoms with Gasteiger partial charge in [0.1, 0.15) is 6.10 Å². The monoisotopic (exact) mass is 912 g/mol. The van der Waals surface area contributed by atoms with Crippen LogP contribution < -0.4 is 5.32 Å². The molecule has 0 aliphatic heterocycles. The molecule has 6 nitrogen and oxygen atoms in total. The molecule has 0 aliphatic carbocycles. The van der Waals surface area contributed by atoms with Gasteiger partial charge in [0.25, 0.3) is 0 Å². The van der Waals surface area contributed by atoms with Crippen LogP contribution in [0.15, 0.2) is 48.6 Å². The molecule has 0 saturated carbocycles. The molecule has 0 aromatic rings. The molecule has 0 heterocycles. The second-order valence-electron chi connectivity index (χ2n) is 19.4. The zero-order chi connectivity index (χ0) is 47.4. The van der Waals surface area contributed by atoms with Gasteiger partial charge in [-0.25, -0.2) is 0 Å². The summed E-state index contributed by atoms with van der Waals surface area (Å²) in [6.07, 6.45) is 64.6. The van der Waals surface area contributed by atoms with Crippen molar-refractivity contribution in [3.63, 3.8) is 0 Å². The third kappa shape index (κ3) is 48.1. The molecule has 3 N–H and O–H groups in total. The first-order valence-corrected chi connectivity index (χ1v) is 28.4. The molecule has 3 unspecified atom stereocenters. The van der Waals surface area contributed by atoms with Crippen molar-refractivity contribution in [2.24, 2.45) is 0 Å². The van der Waals surface area contributed by atoms with Gasteiger partial charge in [-0.05, 0) is 51.4 Å². The maximum atomic E-state index is 13.2. The fourth-order valence-electron chi connectivity index (χ4n) is 8.68. The largest absolute Gasteiger partial charge is 0.462 e. The van der Waals surface area contributed by atoms with E-state index in [1.807, 2.05) is 0 Å². The molecule has 380 valence electrons. The molecule has 0 radical (unpaired) electrons. The van der Waals surface area contributed by atoms with Crippen molar-refractivity contribution < 1.29 is 24.5 Å². The lowest BCUT2D eigenvalue weighted by Crippen LogP contribution is -2.46. The summed E-state index contributed by atoms with van der Waals surface area (Å²) in [6.45, 7) is 6.46. The van der Waals surface area contributed by atoms with Crippen LogP contribution in [0.25, 0.3) is 0 Å². The van der Waals surface area contributed by atoms with E-state index in [1.54, 1.807) is 0 Å². The standard InChI is InChI=1S/C59H109NO5/c1-4-7-10-13-16-19-22-25-27-29-31-34-37-40-43-46-49-52-59(64)65-55(50-47-44-41-38-35-33-30-28-26-23-20-17-14-11-8-5-2)53-58(63)60-56(54-61)57(62)51-48-45-42-39-36-32-24-21-18-15-12-9-6-3/h17,20,23,26,28,30,33,35,55-57,61-62H,4-16,18-19,21-22,24-25,27,29,31-32,34,36-54H2,1-3H3,(H,60,63)/b20-17+,26-23+,30-28+,35-33+. The van der Waals surface area contributed by atoms with Crippen molar-refractivity contribution in [3.05, 3.63) is 48.6 Å². The van der Waals surface area contributed by atoms with Crippen molar-refractivity contribution in [2.75, 3.05) is 6.61 Å². The molecule has 1 amide bonds. The van der Waals surface area contributed by atoms with Crippen LogP contribution in [-0.2, 0) is 14.3 Å². The Labute approximate surface area is 404 Å². The molecule has 0 saturated heterocycles. The van der Waals surface area contributed by atoms with Crippen molar-refractivity contribution in [1.29, 1.82) is 0 Å². The Morgan fingerprint density at radius 3 is 1.22 bits per heavy atom. The number of allylic oxidation sites excluding steroid dienone is 8. The smallest absolute Gasteiger partial charge is 0.306 e. The van der Waals surface area contributed by atoms with Gasteiger partial charge in [0.05, 0.1) is 25.2 Å². The summed E-state index contributed by atoms with van der Waals surface area (Å²) in [5.41, 5.74) is 0. The summed E-state index contributed by atoms with van der Waals surface area (Å²) in [4.78, 5) is 26.2. The van der Waals surface area contributed by atoms with Gasteiger partial charge in [-0.15, -0.1) is 0 Å². The van der Waals surface area contributed by atoms with E-state index in [2.05, 4.69) is 74.7 Å². The highest BCUT2D eigenvalue weighted by Gasteiger charge is 2.24. The highest BCUT2D eigenvalue weighted by atomic mass is 16.5. The van der Waals surface area contributed by atoms with Crippen LogP contribution >= 0.6 is 0 Å². The Bertz CT molecular complexity index is 1110. The predicted octanol–water partition coefficient (Wildman–Crippen LogP) is 17.4. The first-order valence-electron chi connectivity index (χ1n) is 28.4. The number of aliphatic hydroxyl groups is 2. The number of carbonyl (C=O) groups excluding carboxylic acids is 2. The highest BCUT2D eigenvalue weighted by Crippen LogP contribution is 2.18. The lowest BCUT2D eigenvalue weighted by atomic mass is 10.0. The van der Waals surface area contributed by atoms with Gasteiger partial charge in [-0.2, -0.15) is 0 Å². The van der Waals surface area contributed by atoms with Crippen molar-refractivity contribution in [1.82, 2.24) is 5.32 Å². The van der Waals surface area contributed by atoms with Crippen LogP contribution in [0.3, 0.4) is 0 Å². The number of aliphatic hydroxyl groups excluding tert-OH is 2. The van der Waals surface area contributed by atoms with Crippen LogP contribution in [0.4, 0.5) is 0 Å². The van der Waals surface area contributed by atoms with Gasteiger partial charge in [0, 0.05) is 6.42 Å². The topological polar surface area (TPSA) is 95.9 Å². The molecule has 0 fully saturated rings. The third-order valence-electron chi connectivity index (χ3n) is 13.0. The third-order valence-corrected chi connectivity index (χ3v) is 13.0. The molecular weight excluding hydrogens is 803 g/mol. The van der Waals surface area contributed by atoms with E-state index >= 15 is 0 Å². The lowest BCUT2D eigenvalue weighted by Gasteiger charge is -2.24. The Morgan fingerprint density at radius 2 is 0.785 bits per heavy atom. The molecule has 0 aromatic heterocycles. The summed E-state index contributed by atoms with van der Waals surface area (Å²) in [5.74, 6) is -0.500. The minimum atomic E-state index is -0.798. The minimum Gasteiger partial charge on any atom is -0.462 e.